The third kappa shape index (κ3) is 2.80. The highest BCUT2D eigenvalue weighted by Gasteiger charge is 2.09. The van der Waals surface area contributed by atoms with E-state index < -0.39 is 0 Å². The number of halogens is 1. The lowest BCUT2D eigenvalue weighted by molar-refractivity contribution is 0.815. The lowest BCUT2D eigenvalue weighted by Crippen LogP contribution is -2.06. The number of hydrogen-bond acceptors (Lipinski definition) is 2. The number of para-hydroxylation sites is 2. The number of fused-ring (bicyclic) bond motifs is 1. The molecule has 0 fully saturated rings. The number of aromatic nitrogens is 2. The van der Waals surface area contributed by atoms with Crippen molar-refractivity contribution in [3.05, 3.63) is 64.4 Å². The van der Waals surface area contributed by atoms with Gasteiger partial charge in [-0.15, -0.1) is 0 Å². The van der Waals surface area contributed by atoms with E-state index in [1.54, 1.807) is 0 Å². The van der Waals surface area contributed by atoms with Crippen LogP contribution in [0, 0.1) is 0 Å². The second-order valence-corrected chi connectivity index (χ2v) is 5.62. The average Bonchev–Trinajstić information content (AvgIpc) is 2.79. The lowest BCUT2D eigenvalue weighted by atomic mass is 10.1. The van der Waals surface area contributed by atoms with E-state index in [2.05, 4.69) is 35.1 Å². The van der Waals surface area contributed by atoms with Crippen molar-refractivity contribution in [2.45, 2.75) is 13.0 Å². The van der Waals surface area contributed by atoms with E-state index in [9.17, 15) is 0 Å². The number of benzene rings is 2. The first-order chi connectivity index (χ1) is 10.2. The van der Waals surface area contributed by atoms with Crippen molar-refractivity contribution in [3.63, 3.8) is 0 Å². The minimum absolute atomic E-state index is 0.782. The van der Waals surface area contributed by atoms with Crippen LogP contribution < -0.4 is 5.32 Å². The second kappa shape index (κ2) is 5.88. The number of rotatable bonds is 4. The van der Waals surface area contributed by atoms with Crippen molar-refractivity contribution in [2.75, 3.05) is 7.05 Å². The molecular weight excluding hydrogens is 282 g/mol. The Kier molecular flexibility index (Phi) is 3.95. The molecule has 21 heavy (non-hydrogen) atoms. The molecule has 0 bridgehead atoms. The van der Waals surface area contributed by atoms with Crippen LogP contribution in [0.2, 0.25) is 5.02 Å². The van der Waals surface area contributed by atoms with Crippen molar-refractivity contribution in [3.8, 4) is 0 Å². The van der Waals surface area contributed by atoms with E-state index in [0.29, 0.717) is 0 Å². The largest absolute Gasteiger partial charge is 0.331 e. The molecule has 0 aliphatic rings. The molecule has 2 aromatic carbocycles. The Bertz CT molecular complexity index is 777. The van der Waals surface area contributed by atoms with Gasteiger partial charge in [0, 0.05) is 25.0 Å². The molecule has 0 aliphatic carbocycles. The minimum Gasteiger partial charge on any atom is -0.331 e. The quantitative estimate of drug-likeness (QED) is 0.798. The lowest BCUT2D eigenvalue weighted by Gasteiger charge is -2.07. The molecule has 3 rings (SSSR count). The van der Waals surface area contributed by atoms with Crippen molar-refractivity contribution in [1.82, 2.24) is 14.9 Å². The van der Waals surface area contributed by atoms with E-state index in [1.807, 2.05) is 31.3 Å². The van der Waals surface area contributed by atoms with Gasteiger partial charge in [0.05, 0.1) is 11.0 Å². The molecule has 4 heteroatoms. The molecule has 3 aromatic rings. The van der Waals surface area contributed by atoms with E-state index in [-0.39, 0.29) is 0 Å². The van der Waals surface area contributed by atoms with Gasteiger partial charge in [-0.1, -0.05) is 35.9 Å². The molecule has 0 spiro atoms. The van der Waals surface area contributed by atoms with Gasteiger partial charge in [0.25, 0.3) is 0 Å². The first-order valence-electron chi connectivity index (χ1n) is 7.01. The van der Waals surface area contributed by atoms with Gasteiger partial charge in [-0.05, 0) is 36.4 Å². The standard InChI is InChI=1S/C17H18ClN3/c1-19-11-13-8-7-12(9-14(13)18)10-17-20-15-5-3-4-6-16(15)21(17)2/h3-9,19H,10-11H2,1-2H3. The molecular formula is C17H18ClN3. The summed E-state index contributed by atoms with van der Waals surface area (Å²) in [6.07, 6.45) is 0.782. The molecule has 0 saturated carbocycles. The maximum Gasteiger partial charge on any atom is 0.114 e. The maximum absolute atomic E-state index is 6.33. The molecule has 0 radical (unpaired) electrons. The van der Waals surface area contributed by atoms with Crippen molar-refractivity contribution >= 4 is 22.6 Å². The first-order valence-corrected chi connectivity index (χ1v) is 7.39. The summed E-state index contributed by atoms with van der Waals surface area (Å²) in [5.41, 5.74) is 4.49. The van der Waals surface area contributed by atoms with Gasteiger partial charge in [-0.3, -0.25) is 0 Å². The molecule has 108 valence electrons. The van der Waals surface area contributed by atoms with Gasteiger partial charge < -0.3 is 9.88 Å². The monoisotopic (exact) mass is 299 g/mol. The molecule has 1 heterocycles. The zero-order chi connectivity index (χ0) is 14.8. The van der Waals surface area contributed by atoms with Crippen molar-refractivity contribution in [2.24, 2.45) is 7.05 Å². The van der Waals surface area contributed by atoms with Gasteiger partial charge in [0.2, 0.25) is 0 Å². The van der Waals surface area contributed by atoms with E-state index in [1.165, 1.54) is 5.56 Å². The van der Waals surface area contributed by atoms with Crippen LogP contribution >= 0.6 is 11.6 Å². The van der Waals surface area contributed by atoms with Crippen LogP contribution in [0.5, 0.6) is 0 Å². The predicted octanol–water partition coefficient (Wildman–Crippen LogP) is 3.54. The second-order valence-electron chi connectivity index (χ2n) is 5.21. The van der Waals surface area contributed by atoms with Crippen LogP contribution in [0.25, 0.3) is 11.0 Å². The van der Waals surface area contributed by atoms with Gasteiger partial charge in [0.15, 0.2) is 0 Å². The predicted molar refractivity (Wildman–Crippen MR) is 87.7 cm³/mol. The number of nitrogens with zero attached hydrogens (tertiary/aromatic N) is 2. The molecule has 3 nitrogen and oxygen atoms in total. The normalized spacial score (nSPS) is 11.2. The summed E-state index contributed by atoms with van der Waals surface area (Å²) in [6, 6.07) is 14.4. The molecule has 0 saturated heterocycles. The molecule has 1 N–H and O–H groups in total. The van der Waals surface area contributed by atoms with E-state index >= 15 is 0 Å². The van der Waals surface area contributed by atoms with Crippen molar-refractivity contribution < 1.29 is 0 Å². The van der Waals surface area contributed by atoms with Crippen LogP contribution in [0.3, 0.4) is 0 Å². The summed E-state index contributed by atoms with van der Waals surface area (Å²) in [7, 11) is 3.98. The molecule has 0 aliphatic heterocycles. The number of hydrogen-bond donors (Lipinski definition) is 1. The number of nitrogens with one attached hydrogen (secondary N) is 1. The summed E-state index contributed by atoms with van der Waals surface area (Å²) in [4.78, 5) is 4.70. The molecule has 0 amide bonds. The van der Waals surface area contributed by atoms with Gasteiger partial charge in [-0.25, -0.2) is 4.98 Å². The Morgan fingerprint density at radius 3 is 2.71 bits per heavy atom. The SMILES string of the molecule is CNCc1ccc(Cc2nc3ccccc3n2C)cc1Cl. The average molecular weight is 300 g/mol. The highest BCUT2D eigenvalue weighted by atomic mass is 35.5. The van der Waals surface area contributed by atoms with Crippen LogP contribution in [-0.2, 0) is 20.0 Å². The minimum atomic E-state index is 0.782. The van der Waals surface area contributed by atoms with Crippen LogP contribution in [0.4, 0.5) is 0 Å². The molecule has 0 unspecified atom stereocenters. The fourth-order valence-corrected chi connectivity index (χ4v) is 2.84. The highest BCUT2D eigenvalue weighted by molar-refractivity contribution is 6.31. The van der Waals surface area contributed by atoms with E-state index in [0.717, 1.165) is 40.4 Å². The third-order valence-electron chi connectivity index (χ3n) is 3.73. The summed E-state index contributed by atoms with van der Waals surface area (Å²) in [5.74, 6) is 1.05. The fraction of sp³-hybridized carbons (Fsp3) is 0.235. The van der Waals surface area contributed by atoms with E-state index in [4.69, 9.17) is 16.6 Å². The van der Waals surface area contributed by atoms with Gasteiger partial charge in [0.1, 0.15) is 5.82 Å². The van der Waals surface area contributed by atoms with Crippen LogP contribution in [0.15, 0.2) is 42.5 Å². The summed E-state index contributed by atoms with van der Waals surface area (Å²) >= 11 is 6.33. The summed E-state index contributed by atoms with van der Waals surface area (Å²) in [6.45, 7) is 0.783. The Labute approximate surface area is 129 Å². The number of imidazole rings is 1. The maximum atomic E-state index is 6.33. The molecule has 1 aromatic heterocycles. The topological polar surface area (TPSA) is 29.9 Å². The van der Waals surface area contributed by atoms with Crippen LogP contribution in [0.1, 0.15) is 17.0 Å². The van der Waals surface area contributed by atoms with Gasteiger partial charge in [-0.2, -0.15) is 0 Å². The third-order valence-corrected chi connectivity index (χ3v) is 4.08. The zero-order valence-electron chi connectivity index (χ0n) is 12.2. The first kappa shape index (κ1) is 14.1. The molecule has 0 atom stereocenters. The summed E-state index contributed by atoms with van der Waals surface area (Å²) in [5, 5.41) is 3.93. The Morgan fingerprint density at radius 1 is 1.19 bits per heavy atom. The summed E-state index contributed by atoms with van der Waals surface area (Å²) < 4.78 is 2.14. The smallest absolute Gasteiger partial charge is 0.114 e. The van der Waals surface area contributed by atoms with Crippen molar-refractivity contribution in [1.29, 1.82) is 0 Å². The fourth-order valence-electron chi connectivity index (χ4n) is 2.57. The Balaban J connectivity index is 1.91. The Morgan fingerprint density at radius 2 is 2.00 bits per heavy atom. The zero-order valence-corrected chi connectivity index (χ0v) is 13.0. The van der Waals surface area contributed by atoms with Gasteiger partial charge >= 0.3 is 0 Å². The Hall–Kier alpha value is -1.84. The van der Waals surface area contributed by atoms with Crippen LogP contribution in [-0.4, -0.2) is 16.6 Å². The highest BCUT2D eigenvalue weighted by Crippen LogP contribution is 2.21. The number of aryl methyl sites for hydroxylation is 1.